The molecule has 142 valence electrons. The summed E-state index contributed by atoms with van der Waals surface area (Å²) in [5.41, 5.74) is 1.44. The lowest BCUT2D eigenvalue weighted by molar-refractivity contribution is 0.259. The maximum atomic E-state index is 5.14. The second-order valence-corrected chi connectivity index (χ2v) is 6.58. The minimum Gasteiger partial charge on any atom is -0.356 e. The maximum absolute atomic E-state index is 5.14. The first-order valence-electron chi connectivity index (χ1n) is 9.03. The van der Waals surface area contributed by atoms with Crippen molar-refractivity contribution in [3.05, 3.63) is 47.6 Å². The van der Waals surface area contributed by atoms with Gasteiger partial charge >= 0.3 is 0 Å². The highest BCUT2D eigenvalue weighted by Gasteiger charge is 2.21. The third kappa shape index (κ3) is 5.96. The van der Waals surface area contributed by atoms with Gasteiger partial charge in [-0.15, -0.1) is 24.0 Å². The number of rotatable bonds is 5. The highest BCUT2D eigenvalue weighted by molar-refractivity contribution is 14.0. The first-order chi connectivity index (χ1) is 12.2. The third-order valence-electron chi connectivity index (χ3n) is 4.68. The van der Waals surface area contributed by atoms with Crippen molar-refractivity contribution in [1.29, 1.82) is 0 Å². The van der Waals surface area contributed by atoms with Gasteiger partial charge in [-0.2, -0.15) is 4.98 Å². The van der Waals surface area contributed by atoms with Crippen LogP contribution in [0.4, 0.5) is 0 Å². The van der Waals surface area contributed by atoms with Crippen LogP contribution in [0, 0.1) is 12.8 Å². The number of nitrogens with one attached hydrogen (secondary N) is 1. The molecule has 1 aliphatic rings. The number of aryl methyl sites for hydroxylation is 1. The van der Waals surface area contributed by atoms with Crippen molar-refractivity contribution in [2.24, 2.45) is 10.9 Å². The first-order valence-corrected chi connectivity index (χ1v) is 9.03. The van der Waals surface area contributed by atoms with E-state index in [1.165, 1.54) is 24.8 Å². The van der Waals surface area contributed by atoms with E-state index in [4.69, 9.17) is 4.52 Å². The molecule has 1 aliphatic heterocycles. The Bertz CT molecular complexity index is 680. The Balaban J connectivity index is 0.00000243. The molecular weight excluding hydrogens is 441 g/mol. The molecular formula is C19H28IN5O. The highest BCUT2D eigenvalue weighted by Crippen LogP contribution is 2.21. The van der Waals surface area contributed by atoms with E-state index in [-0.39, 0.29) is 24.0 Å². The van der Waals surface area contributed by atoms with E-state index in [9.17, 15) is 0 Å². The zero-order chi connectivity index (χ0) is 17.5. The van der Waals surface area contributed by atoms with E-state index in [1.807, 2.05) is 14.0 Å². The van der Waals surface area contributed by atoms with Crippen molar-refractivity contribution in [2.75, 3.05) is 26.7 Å². The summed E-state index contributed by atoms with van der Waals surface area (Å²) in [6.07, 6.45) is 4.30. The van der Waals surface area contributed by atoms with Crippen LogP contribution >= 0.6 is 24.0 Å². The van der Waals surface area contributed by atoms with E-state index in [0.717, 1.165) is 31.5 Å². The van der Waals surface area contributed by atoms with Crippen molar-refractivity contribution in [1.82, 2.24) is 20.4 Å². The molecule has 0 amide bonds. The molecule has 1 fully saturated rings. The zero-order valence-corrected chi connectivity index (χ0v) is 17.8. The number of aromatic nitrogens is 2. The van der Waals surface area contributed by atoms with Gasteiger partial charge in [0.05, 0.1) is 0 Å². The second-order valence-electron chi connectivity index (χ2n) is 6.58. The molecule has 2 aromatic rings. The average molecular weight is 469 g/mol. The molecule has 1 aromatic heterocycles. The van der Waals surface area contributed by atoms with Gasteiger partial charge in [-0.3, -0.25) is 4.99 Å². The van der Waals surface area contributed by atoms with E-state index in [2.05, 4.69) is 55.7 Å². The Morgan fingerprint density at radius 2 is 2.00 bits per heavy atom. The number of benzene rings is 1. The molecule has 7 heteroatoms. The van der Waals surface area contributed by atoms with Crippen molar-refractivity contribution < 1.29 is 4.52 Å². The van der Waals surface area contributed by atoms with E-state index >= 15 is 0 Å². The predicted octanol–water partition coefficient (Wildman–Crippen LogP) is 3.07. The molecule has 0 atom stereocenters. The van der Waals surface area contributed by atoms with Gasteiger partial charge in [0, 0.05) is 33.1 Å². The van der Waals surface area contributed by atoms with Crippen LogP contribution < -0.4 is 5.32 Å². The minimum absolute atomic E-state index is 0. The molecule has 0 radical (unpaired) electrons. The van der Waals surface area contributed by atoms with Crippen molar-refractivity contribution in [2.45, 2.75) is 32.6 Å². The number of halogens is 1. The van der Waals surface area contributed by atoms with Crippen LogP contribution in [-0.2, 0) is 12.8 Å². The van der Waals surface area contributed by atoms with Crippen molar-refractivity contribution >= 4 is 29.9 Å². The van der Waals surface area contributed by atoms with E-state index < -0.39 is 0 Å². The molecule has 0 unspecified atom stereocenters. The Hall–Kier alpha value is -1.64. The Labute approximate surface area is 172 Å². The summed E-state index contributed by atoms with van der Waals surface area (Å²) in [5, 5.41) is 7.22. The van der Waals surface area contributed by atoms with Crippen LogP contribution in [0.1, 0.15) is 30.1 Å². The lowest BCUT2D eigenvalue weighted by atomic mass is 9.90. The third-order valence-corrected chi connectivity index (χ3v) is 4.68. The summed E-state index contributed by atoms with van der Waals surface area (Å²) >= 11 is 0. The average Bonchev–Trinajstić information content (AvgIpc) is 3.06. The van der Waals surface area contributed by atoms with Gasteiger partial charge in [0.1, 0.15) is 0 Å². The number of guanidine groups is 1. The number of aliphatic imine (C=N–C) groups is 1. The van der Waals surface area contributed by atoms with E-state index in [1.54, 1.807) is 0 Å². The van der Waals surface area contributed by atoms with Crippen LogP contribution in [0.25, 0.3) is 0 Å². The summed E-state index contributed by atoms with van der Waals surface area (Å²) in [5.74, 6) is 3.08. The number of hydrogen-bond acceptors (Lipinski definition) is 4. The summed E-state index contributed by atoms with van der Waals surface area (Å²) in [6.45, 7) is 4.69. The van der Waals surface area contributed by atoms with E-state index in [0.29, 0.717) is 18.1 Å². The SMILES string of the molecule is CN=C(NCCc1nc(C)no1)N1CCC(Cc2ccccc2)CC1.I. The van der Waals surface area contributed by atoms with Gasteiger partial charge in [0.15, 0.2) is 11.8 Å². The smallest absolute Gasteiger partial charge is 0.228 e. The highest BCUT2D eigenvalue weighted by atomic mass is 127. The fourth-order valence-corrected chi connectivity index (χ4v) is 3.35. The monoisotopic (exact) mass is 469 g/mol. The summed E-state index contributed by atoms with van der Waals surface area (Å²) in [7, 11) is 1.84. The molecule has 1 N–H and O–H groups in total. The van der Waals surface area contributed by atoms with Crippen LogP contribution in [0.5, 0.6) is 0 Å². The molecule has 0 aliphatic carbocycles. The normalized spacial score (nSPS) is 15.6. The number of piperidine rings is 1. The summed E-state index contributed by atoms with van der Waals surface area (Å²) in [4.78, 5) is 11.0. The van der Waals surface area contributed by atoms with Gasteiger partial charge in [0.25, 0.3) is 0 Å². The van der Waals surface area contributed by atoms with Crippen LogP contribution in [0.15, 0.2) is 39.8 Å². The Morgan fingerprint density at radius 3 is 2.62 bits per heavy atom. The molecule has 1 aromatic carbocycles. The van der Waals surface area contributed by atoms with Gasteiger partial charge < -0.3 is 14.7 Å². The predicted molar refractivity (Wildman–Crippen MR) is 114 cm³/mol. The lowest BCUT2D eigenvalue weighted by Gasteiger charge is -2.34. The standard InChI is InChI=1S/C19H27N5O.HI/c1-15-22-18(25-23-15)8-11-21-19(20-2)24-12-9-17(10-13-24)14-16-6-4-3-5-7-16;/h3-7,17H,8-14H2,1-2H3,(H,20,21);1H. The lowest BCUT2D eigenvalue weighted by Crippen LogP contribution is -2.46. The first kappa shape index (κ1) is 20.7. The van der Waals surface area contributed by atoms with Crippen LogP contribution in [0.3, 0.4) is 0 Å². The molecule has 3 rings (SSSR count). The minimum atomic E-state index is 0. The Morgan fingerprint density at radius 1 is 1.27 bits per heavy atom. The van der Waals surface area contributed by atoms with Crippen LogP contribution in [-0.4, -0.2) is 47.7 Å². The second kappa shape index (κ2) is 10.5. The molecule has 1 saturated heterocycles. The summed E-state index contributed by atoms with van der Waals surface area (Å²) < 4.78 is 5.14. The van der Waals surface area contributed by atoms with Gasteiger partial charge in [-0.05, 0) is 37.7 Å². The quantitative estimate of drug-likeness (QED) is 0.414. The van der Waals surface area contributed by atoms with Crippen LogP contribution in [0.2, 0.25) is 0 Å². The molecule has 0 bridgehead atoms. The number of hydrogen-bond donors (Lipinski definition) is 1. The zero-order valence-electron chi connectivity index (χ0n) is 15.5. The Kier molecular flexibility index (Phi) is 8.34. The topological polar surface area (TPSA) is 66.5 Å². The summed E-state index contributed by atoms with van der Waals surface area (Å²) in [6, 6.07) is 10.8. The van der Waals surface area contributed by atoms with Crippen molar-refractivity contribution in [3.63, 3.8) is 0 Å². The number of nitrogens with zero attached hydrogens (tertiary/aromatic N) is 4. The molecule has 0 spiro atoms. The van der Waals surface area contributed by atoms with Gasteiger partial charge in [0.2, 0.25) is 5.89 Å². The fourth-order valence-electron chi connectivity index (χ4n) is 3.35. The largest absolute Gasteiger partial charge is 0.356 e. The fraction of sp³-hybridized carbons (Fsp3) is 0.526. The van der Waals surface area contributed by atoms with Gasteiger partial charge in [-0.25, -0.2) is 0 Å². The molecule has 6 nitrogen and oxygen atoms in total. The maximum Gasteiger partial charge on any atom is 0.228 e. The molecule has 2 heterocycles. The van der Waals surface area contributed by atoms with Gasteiger partial charge in [-0.1, -0.05) is 35.5 Å². The molecule has 0 saturated carbocycles. The molecule has 26 heavy (non-hydrogen) atoms. The number of likely N-dealkylation sites (tertiary alicyclic amines) is 1. The van der Waals surface area contributed by atoms with Crippen molar-refractivity contribution in [3.8, 4) is 0 Å².